The molecule has 7 heteroatoms. The predicted octanol–water partition coefficient (Wildman–Crippen LogP) is 4.04. The van der Waals surface area contributed by atoms with E-state index in [4.69, 9.17) is 16.0 Å². The van der Waals surface area contributed by atoms with Crippen LogP contribution in [0.3, 0.4) is 0 Å². The van der Waals surface area contributed by atoms with Crippen LogP contribution in [0.5, 0.6) is 0 Å². The second kappa shape index (κ2) is 7.59. The summed E-state index contributed by atoms with van der Waals surface area (Å²) in [5.74, 6) is 0.966. The zero-order valence-electron chi connectivity index (χ0n) is 13.1. The van der Waals surface area contributed by atoms with E-state index < -0.39 is 0 Å². The number of amides is 1. The maximum Gasteiger partial charge on any atom is 0.247 e. The molecule has 0 aliphatic rings. The Morgan fingerprint density at radius 2 is 2.00 bits per heavy atom. The van der Waals surface area contributed by atoms with Crippen molar-refractivity contribution in [3.8, 4) is 11.5 Å². The number of carbonyl (C=O) groups is 1. The molecule has 0 aliphatic carbocycles. The molecule has 3 rings (SSSR count). The van der Waals surface area contributed by atoms with Gasteiger partial charge in [-0.2, -0.15) is 0 Å². The van der Waals surface area contributed by atoms with E-state index in [0.717, 1.165) is 14.8 Å². The number of thiophene rings is 1. The molecule has 5 nitrogen and oxygen atoms in total. The maximum atomic E-state index is 12.2. The number of aromatic nitrogens is 2. The van der Waals surface area contributed by atoms with Gasteiger partial charge in [-0.05, 0) is 24.3 Å². The first-order chi connectivity index (χ1) is 11.6. The second-order valence-corrected chi connectivity index (χ2v) is 7.12. The number of hydrogen-bond donors (Lipinski definition) is 0. The van der Waals surface area contributed by atoms with Crippen LogP contribution in [0.4, 0.5) is 0 Å². The minimum atomic E-state index is 0.0268. The molecule has 0 saturated heterocycles. The van der Waals surface area contributed by atoms with Gasteiger partial charge in [0.25, 0.3) is 0 Å². The van der Waals surface area contributed by atoms with Crippen molar-refractivity contribution >= 4 is 28.8 Å². The fourth-order valence-electron chi connectivity index (χ4n) is 2.22. The lowest BCUT2D eigenvalue weighted by atomic mass is 10.2. The first-order valence-corrected chi connectivity index (χ1v) is 8.67. The second-order valence-electron chi connectivity index (χ2n) is 5.32. The Labute approximate surface area is 148 Å². The Balaban J connectivity index is 1.53. The summed E-state index contributed by atoms with van der Waals surface area (Å²) < 4.78 is 6.34. The first-order valence-electron chi connectivity index (χ1n) is 7.48. The molecule has 2 heterocycles. The number of carbonyl (C=O) groups excluding carboxylic acids is 1. The normalized spacial score (nSPS) is 10.8. The van der Waals surface area contributed by atoms with Crippen molar-refractivity contribution in [1.82, 2.24) is 15.1 Å². The number of benzene rings is 1. The Morgan fingerprint density at radius 3 is 2.71 bits per heavy atom. The lowest BCUT2D eigenvalue weighted by molar-refractivity contribution is -0.130. The van der Waals surface area contributed by atoms with E-state index in [9.17, 15) is 4.79 Å². The summed E-state index contributed by atoms with van der Waals surface area (Å²) in [5.41, 5.74) is 0.870. The summed E-state index contributed by atoms with van der Waals surface area (Å²) in [6.07, 6.45) is 0.750. The molecule has 0 unspecified atom stereocenters. The molecule has 0 saturated carbocycles. The number of nitrogens with zero attached hydrogens (tertiary/aromatic N) is 3. The number of rotatable bonds is 6. The number of aryl methyl sites for hydroxylation is 1. The van der Waals surface area contributed by atoms with Crippen LogP contribution < -0.4 is 0 Å². The van der Waals surface area contributed by atoms with Crippen LogP contribution in [-0.4, -0.2) is 28.1 Å². The SMILES string of the molecule is CN(Cc1ccc(Cl)s1)C(=O)CCc1nnc(-c2ccccc2)o1. The maximum absolute atomic E-state index is 12.2. The van der Waals surface area contributed by atoms with E-state index in [1.54, 1.807) is 11.9 Å². The van der Waals surface area contributed by atoms with Crippen molar-refractivity contribution in [2.75, 3.05) is 7.05 Å². The van der Waals surface area contributed by atoms with Crippen molar-refractivity contribution in [2.24, 2.45) is 0 Å². The van der Waals surface area contributed by atoms with Gasteiger partial charge < -0.3 is 9.32 Å². The highest BCUT2D eigenvalue weighted by atomic mass is 35.5. The molecule has 1 aromatic carbocycles. The molecule has 0 N–H and O–H groups in total. The van der Waals surface area contributed by atoms with E-state index >= 15 is 0 Å². The van der Waals surface area contributed by atoms with Crippen LogP contribution in [0.15, 0.2) is 46.9 Å². The van der Waals surface area contributed by atoms with Gasteiger partial charge in [-0.1, -0.05) is 29.8 Å². The highest BCUT2D eigenvalue weighted by Crippen LogP contribution is 2.22. The quantitative estimate of drug-likeness (QED) is 0.664. The van der Waals surface area contributed by atoms with Gasteiger partial charge in [0.15, 0.2) is 0 Å². The van der Waals surface area contributed by atoms with Crippen molar-refractivity contribution in [3.05, 3.63) is 57.6 Å². The average molecular weight is 362 g/mol. The monoisotopic (exact) mass is 361 g/mol. The molecule has 124 valence electrons. The molecule has 3 aromatic rings. The Bertz CT molecular complexity index is 816. The molecule has 1 amide bonds. The highest BCUT2D eigenvalue weighted by Gasteiger charge is 2.14. The zero-order chi connectivity index (χ0) is 16.9. The minimum absolute atomic E-state index is 0.0268. The molecule has 24 heavy (non-hydrogen) atoms. The van der Waals surface area contributed by atoms with Crippen LogP contribution in [0.2, 0.25) is 4.34 Å². The average Bonchev–Trinajstić information content (AvgIpc) is 3.22. The number of hydrogen-bond acceptors (Lipinski definition) is 5. The van der Waals surface area contributed by atoms with Gasteiger partial charge in [0.1, 0.15) is 0 Å². The fourth-order valence-corrected chi connectivity index (χ4v) is 3.36. The van der Waals surface area contributed by atoms with E-state index in [2.05, 4.69) is 10.2 Å². The lowest BCUT2D eigenvalue weighted by Crippen LogP contribution is -2.26. The number of halogens is 1. The van der Waals surface area contributed by atoms with Gasteiger partial charge in [-0.3, -0.25) is 4.79 Å². The van der Waals surface area contributed by atoms with Crippen LogP contribution in [-0.2, 0) is 17.8 Å². The lowest BCUT2D eigenvalue weighted by Gasteiger charge is -2.15. The molecular formula is C17H16ClN3O2S. The largest absolute Gasteiger partial charge is 0.421 e. The summed E-state index contributed by atoms with van der Waals surface area (Å²) in [4.78, 5) is 14.9. The summed E-state index contributed by atoms with van der Waals surface area (Å²) in [7, 11) is 1.78. The van der Waals surface area contributed by atoms with Crippen molar-refractivity contribution in [2.45, 2.75) is 19.4 Å². The Morgan fingerprint density at radius 1 is 1.21 bits per heavy atom. The Kier molecular flexibility index (Phi) is 5.27. The van der Waals surface area contributed by atoms with Crippen molar-refractivity contribution in [1.29, 1.82) is 0 Å². The molecule has 0 bridgehead atoms. The Hall–Kier alpha value is -2.18. The predicted molar refractivity (Wildman–Crippen MR) is 93.9 cm³/mol. The third-order valence-electron chi connectivity index (χ3n) is 3.49. The van der Waals surface area contributed by atoms with Gasteiger partial charge in [0, 0.05) is 30.3 Å². The van der Waals surface area contributed by atoms with Crippen molar-refractivity contribution in [3.63, 3.8) is 0 Å². The molecule has 2 aromatic heterocycles. The summed E-state index contributed by atoms with van der Waals surface area (Å²) in [5, 5.41) is 8.03. The summed E-state index contributed by atoms with van der Waals surface area (Å²) in [6.45, 7) is 0.551. The fraction of sp³-hybridized carbons (Fsp3) is 0.235. The topological polar surface area (TPSA) is 59.2 Å². The van der Waals surface area contributed by atoms with Gasteiger partial charge in [-0.15, -0.1) is 21.5 Å². The minimum Gasteiger partial charge on any atom is -0.421 e. The molecule has 0 atom stereocenters. The summed E-state index contributed by atoms with van der Waals surface area (Å²) in [6, 6.07) is 13.3. The molecule has 0 spiro atoms. The third kappa shape index (κ3) is 4.21. The van der Waals surface area contributed by atoms with E-state index in [1.165, 1.54) is 11.3 Å². The van der Waals surface area contributed by atoms with Gasteiger partial charge in [0.2, 0.25) is 17.7 Å². The van der Waals surface area contributed by atoms with Crippen LogP contribution in [0, 0.1) is 0 Å². The summed E-state index contributed by atoms with van der Waals surface area (Å²) >= 11 is 7.38. The van der Waals surface area contributed by atoms with Crippen LogP contribution in [0.1, 0.15) is 17.2 Å². The van der Waals surface area contributed by atoms with Crippen LogP contribution >= 0.6 is 22.9 Å². The standard InChI is InChI=1S/C17H16ClN3O2S/c1-21(11-13-7-8-14(18)24-13)16(22)10-9-15-19-20-17(23-15)12-5-3-2-4-6-12/h2-8H,9-11H2,1H3. The molecule has 0 aliphatic heterocycles. The van der Waals surface area contributed by atoms with E-state index in [0.29, 0.717) is 31.2 Å². The molecular weight excluding hydrogens is 346 g/mol. The van der Waals surface area contributed by atoms with Gasteiger partial charge in [0.05, 0.1) is 10.9 Å². The van der Waals surface area contributed by atoms with E-state index in [-0.39, 0.29) is 5.91 Å². The smallest absolute Gasteiger partial charge is 0.247 e. The van der Waals surface area contributed by atoms with Crippen LogP contribution in [0.25, 0.3) is 11.5 Å². The third-order valence-corrected chi connectivity index (χ3v) is 4.70. The van der Waals surface area contributed by atoms with Gasteiger partial charge in [-0.25, -0.2) is 0 Å². The molecule has 0 radical (unpaired) electrons. The molecule has 0 fully saturated rings. The zero-order valence-corrected chi connectivity index (χ0v) is 14.7. The van der Waals surface area contributed by atoms with Gasteiger partial charge >= 0.3 is 0 Å². The first kappa shape index (κ1) is 16.7. The highest BCUT2D eigenvalue weighted by molar-refractivity contribution is 7.16. The van der Waals surface area contributed by atoms with Crippen molar-refractivity contribution < 1.29 is 9.21 Å². The van der Waals surface area contributed by atoms with E-state index in [1.807, 2.05) is 42.5 Å².